The predicted octanol–water partition coefficient (Wildman–Crippen LogP) is 4.02. The van der Waals surface area contributed by atoms with Crippen molar-refractivity contribution in [1.82, 2.24) is 5.32 Å². The fraction of sp³-hybridized carbons (Fsp3) is 0.611. The number of carbonyl (C=O) groups excluding carboxylic acids is 1. The van der Waals surface area contributed by atoms with Crippen molar-refractivity contribution in [3.63, 3.8) is 0 Å². The van der Waals surface area contributed by atoms with E-state index in [1.807, 2.05) is 30.3 Å². The molecule has 1 N–H and O–H groups in total. The normalized spacial score (nSPS) is 28.9. The van der Waals surface area contributed by atoms with Gasteiger partial charge in [0.05, 0.1) is 0 Å². The number of nitrogens with one attached hydrogen (secondary N) is 1. The first-order chi connectivity index (χ1) is 9.83. The third-order valence-electron chi connectivity index (χ3n) is 5.27. The fourth-order valence-electron chi connectivity index (χ4n) is 4.14. The smallest absolute Gasteiger partial charge is 0.251 e. The molecule has 1 amide bonds. The maximum Gasteiger partial charge on any atom is 0.251 e. The van der Waals surface area contributed by atoms with E-state index in [0.29, 0.717) is 0 Å². The van der Waals surface area contributed by atoms with Crippen molar-refractivity contribution in [2.45, 2.75) is 44.9 Å². The molecule has 1 aromatic carbocycles. The van der Waals surface area contributed by atoms with Crippen molar-refractivity contribution in [2.24, 2.45) is 17.8 Å². The van der Waals surface area contributed by atoms with Gasteiger partial charge in [-0.3, -0.25) is 4.79 Å². The molecule has 2 aliphatic carbocycles. The molecule has 1 aromatic rings. The van der Waals surface area contributed by atoms with Crippen molar-refractivity contribution < 1.29 is 4.79 Å². The zero-order chi connectivity index (χ0) is 13.8. The molecule has 0 radical (unpaired) electrons. The third kappa shape index (κ3) is 3.23. The Bertz CT molecular complexity index is 442. The van der Waals surface area contributed by atoms with Crippen molar-refractivity contribution >= 4 is 5.91 Å². The second-order valence-corrected chi connectivity index (χ2v) is 6.54. The van der Waals surface area contributed by atoms with Crippen LogP contribution in [-0.2, 0) is 0 Å². The molecule has 3 atom stereocenters. The van der Waals surface area contributed by atoms with Gasteiger partial charge in [0.2, 0.25) is 0 Å². The zero-order valence-corrected chi connectivity index (χ0v) is 12.2. The summed E-state index contributed by atoms with van der Waals surface area (Å²) >= 11 is 0. The lowest BCUT2D eigenvalue weighted by atomic mass is 9.75. The highest BCUT2D eigenvalue weighted by atomic mass is 16.1. The number of hydrogen-bond acceptors (Lipinski definition) is 1. The van der Waals surface area contributed by atoms with Crippen LogP contribution in [0.4, 0.5) is 0 Å². The minimum absolute atomic E-state index is 0.0696. The summed E-state index contributed by atoms with van der Waals surface area (Å²) in [4.78, 5) is 12.0. The molecule has 2 nitrogen and oxygen atoms in total. The van der Waals surface area contributed by atoms with Crippen LogP contribution in [0.3, 0.4) is 0 Å². The standard InChI is InChI=1S/C18H25NO/c20-18(16-5-2-1-3-6-16)19-12-11-14-9-10-15-7-4-8-17(15)13-14/h1-3,5-6,14-15,17H,4,7-13H2,(H,19,20). The maximum absolute atomic E-state index is 12.0. The van der Waals surface area contributed by atoms with Gasteiger partial charge in [0.25, 0.3) is 5.91 Å². The summed E-state index contributed by atoms with van der Waals surface area (Å²) in [7, 11) is 0. The number of fused-ring (bicyclic) bond motifs is 1. The molecular formula is C18H25NO. The summed E-state index contributed by atoms with van der Waals surface area (Å²) in [6.45, 7) is 0.829. The number of amides is 1. The van der Waals surface area contributed by atoms with Gasteiger partial charge < -0.3 is 5.32 Å². The molecule has 108 valence electrons. The molecule has 0 bridgehead atoms. The van der Waals surface area contributed by atoms with Crippen molar-refractivity contribution in [3.05, 3.63) is 35.9 Å². The van der Waals surface area contributed by atoms with Crippen LogP contribution in [0.1, 0.15) is 55.3 Å². The quantitative estimate of drug-likeness (QED) is 0.880. The van der Waals surface area contributed by atoms with Crippen LogP contribution >= 0.6 is 0 Å². The molecule has 0 spiro atoms. The van der Waals surface area contributed by atoms with Gasteiger partial charge in [0.1, 0.15) is 0 Å². The zero-order valence-electron chi connectivity index (χ0n) is 12.2. The van der Waals surface area contributed by atoms with Crippen LogP contribution in [-0.4, -0.2) is 12.5 Å². The minimum atomic E-state index is 0.0696. The maximum atomic E-state index is 12.0. The van der Waals surface area contributed by atoms with Gasteiger partial charge in [-0.1, -0.05) is 43.9 Å². The molecule has 20 heavy (non-hydrogen) atoms. The van der Waals surface area contributed by atoms with Crippen LogP contribution in [0.5, 0.6) is 0 Å². The van der Waals surface area contributed by atoms with Crippen molar-refractivity contribution in [1.29, 1.82) is 0 Å². The summed E-state index contributed by atoms with van der Waals surface area (Å²) in [5, 5.41) is 3.07. The summed E-state index contributed by atoms with van der Waals surface area (Å²) < 4.78 is 0. The van der Waals surface area contributed by atoms with E-state index in [2.05, 4.69) is 5.32 Å². The van der Waals surface area contributed by atoms with Crippen LogP contribution in [0.25, 0.3) is 0 Å². The average molecular weight is 271 g/mol. The van der Waals surface area contributed by atoms with E-state index in [1.165, 1.54) is 38.5 Å². The van der Waals surface area contributed by atoms with Crippen molar-refractivity contribution in [3.8, 4) is 0 Å². The van der Waals surface area contributed by atoms with E-state index in [9.17, 15) is 4.79 Å². The van der Waals surface area contributed by atoms with Crippen molar-refractivity contribution in [2.75, 3.05) is 6.54 Å². The van der Waals surface area contributed by atoms with Gasteiger partial charge in [-0.05, 0) is 49.1 Å². The Balaban J connectivity index is 1.41. The Labute approximate surface area is 122 Å². The van der Waals surface area contributed by atoms with Crippen LogP contribution < -0.4 is 5.32 Å². The van der Waals surface area contributed by atoms with Gasteiger partial charge >= 0.3 is 0 Å². The monoisotopic (exact) mass is 271 g/mol. The highest BCUT2D eigenvalue weighted by Crippen LogP contribution is 2.44. The first kappa shape index (κ1) is 13.7. The summed E-state index contributed by atoms with van der Waals surface area (Å²) in [6, 6.07) is 9.52. The Morgan fingerprint density at radius 1 is 1.05 bits per heavy atom. The molecule has 0 aromatic heterocycles. The highest BCUT2D eigenvalue weighted by Gasteiger charge is 2.33. The molecule has 3 rings (SSSR count). The molecule has 0 aliphatic heterocycles. The van der Waals surface area contributed by atoms with Crippen LogP contribution in [0, 0.1) is 17.8 Å². The van der Waals surface area contributed by atoms with Crippen LogP contribution in [0.15, 0.2) is 30.3 Å². The molecular weight excluding hydrogens is 246 g/mol. The van der Waals surface area contributed by atoms with Crippen LogP contribution in [0.2, 0.25) is 0 Å². The number of hydrogen-bond donors (Lipinski definition) is 1. The lowest BCUT2D eigenvalue weighted by Gasteiger charge is -2.31. The lowest BCUT2D eigenvalue weighted by molar-refractivity contribution is 0.0948. The van der Waals surface area contributed by atoms with Gasteiger partial charge in [-0.15, -0.1) is 0 Å². The summed E-state index contributed by atoms with van der Waals surface area (Å²) in [5.41, 5.74) is 0.770. The SMILES string of the molecule is O=C(NCCC1CCC2CCCC2C1)c1ccccc1. The second kappa shape index (κ2) is 6.43. The van der Waals surface area contributed by atoms with E-state index in [1.54, 1.807) is 0 Å². The fourth-order valence-corrected chi connectivity index (χ4v) is 4.14. The van der Waals surface area contributed by atoms with E-state index in [0.717, 1.165) is 36.3 Å². The van der Waals surface area contributed by atoms with E-state index < -0.39 is 0 Å². The Morgan fingerprint density at radius 2 is 1.85 bits per heavy atom. The van der Waals surface area contributed by atoms with Gasteiger partial charge in [-0.2, -0.15) is 0 Å². The molecule has 2 heteroatoms. The topological polar surface area (TPSA) is 29.1 Å². The molecule has 0 heterocycles. The molecule has 0 saturated heterocycles. The molecule has 2 aliphatic rings. The number of carbonyl (C=O) groups is 1. The summed E-state index contributed by atoms with van der Waals surface area (Å²) in [5.74, 6) is 2.94. The van der Waals surface area contributed by atoms with Gasteiger partial charge in [0.15, 0.2) is 0 Å². The first-order valence-electron chi connectivity index (χ1n) is 8.16. The van der Waals surface area contributed by atoms with Gasteiger partial charge in [-0.25, -0.2) is 0 Å². The second-order valence-electron chi connectivity index (χ2n) is 6.54. The molecule has 2 fully saturated rings. The Morgan fingerprint density at radius 3 is 2.70 bits per heavy atom. The minimum Gasteiger partial charge on any atom is -0.352 e. The summed E-state index contributed by atoms with van der Waals surface area (Å²) in [6.07, 6.45) is 9.75. The largest absolute Gasteiger partial charge is 0.352 e. The number of benzene rings is 1. The van der Waals surface area contributed by atoms with E-state index in [4.69, 9.17) is 0 Å². The first-order valence-corrected chi connectivity index (χ1v) is 8.16. The van der Waals surface area contributed by atoms with E-state index in [-0.39, 0.29) is 5.91 Å². The molecule has 2 saturated carbocycles. The Hall–Kier alpha value is -1.31. The van der Waals surface area contributed by atoms with E-state index >= 15 is 0 Å². The highest BCUT2D eigenvalue weighted by molar-refractivity contribution is 5.94. The average Bonchev–Trinajstić information content (AvgIpc) is 2.95. The molecule has 3 unspecified atom stereocenters. The lowest BCUT2D eigenvalue weighted by Crippen LogP contribution is -2.28. The third-order valence-corrected chi connectivity index (χ3v) is 5.27. The Kier molecular flexibility index (Phi) is 4.39. The number of rotatable bonds is 4. The predicted molar refractivity (Wildman–Crippen MR) is 81.6 cm³/mol. The van der Waals surface area contributed by atoms with Gasteiger partial charge in [0, 0.05) is 12.1 Å².